The SMILES string of the molecule is C.C/C=C/CCC(=O)O. The van der Waals surface area contributed by atoms with Gasteiger partial charge in [0.05, 0.1) is 0 Å². The van der Waals surface area contributed by atoms with E-state index in [1.54, 1.807) is 0 Å². The van der Waals surface area contributed by atoms with Crippen LogP contribution >= 0.6 is 0 Å². The molecular weight excluding hydrogens is 116 g/mol. The summed E-state index contributed by atoms with van der Waals surface area (Å²) in [5.41, 5.74) is 0. The van der Waals surface area contributed by atoms with E-state index in [2.05, 4.69) is 0 Å². The van der Waals surface area contributed by atoms with Crippen LogP contribution in [0.3, 0.4) is 0 Å². The third kappa shape index (κ3) is 11.0. The van der Waals surface area contributed by atoms with Crippen LogP contribution in [0.25, 0.3) is 0 Å². The minimum atomic E-state index is -0.733. The zero-order chi connectivity index (χ0) is 6.41. The second-order valence-electron chi connectivity index (χ2n) is 1.50. The largest absolute Gasteiger partial charge is 0.481 e. The van der Waals surface area contributed by atoms with E-state index < -0.39 is 5.97 Å². The van der Waals surface area contributed by atoms with Crippen LogP contribution < -0.4 is 0 Å². The highest BCUT2D eigenvalue weighted by molar-refractivity contribution is 5.66. The number of rotatable bonds is 3. The van der Waals surface area contributed by atoms with Gasteiger partial charge in [0, 0.05) is 6.42 Å². The average Bonchev–Trinajstić information content (AvgIpc) is 1.66. The quantitative estimate of drug-likeness (QED) is 0.594. The average molecular weight is 130 g/mol. The summed E-state index contributed by atoms with van der Waals surface area (Å²) >= 11 is 0. The van der Waals surface area contributed by atoms with Crippen molar-refractivity contribution in [1.82, 2.24) is 0 Å². The normalized spacial score (nSPS) is 9.00. The van der Waals surface area contributed by atoms with Gasteiger partial charge in [-0.05, 0) is 13.3 Å². The zero-order valence-electron chi connectivity index (χ0n) is 4.92. The summed E-state index contributed by atoms with van der Waals surface area (Å²) in [6.45, 7) is 1.88. The maximum absolute atomic E-state index is 9.84. The molecule has 0 amide bonds. The molecule has 0 spiro atoms. The van der Waals surface area contributed by atoms with E-state index in [-0.39, 0.29) is 13.8 Å². The molecule has 54 valence electrons. The molecule has 0 radical (unpaired) electrons. The van der Waals surface area contributed by atoms with Crippen molar-refractivity contribution >= 4 is 5.97 Å². The number of aliphatic carboxylic acids is 1. The van der Waals surface area contributed by atoms with Crippen molar-refractivity contribution in [3.05, 3.63) is 12.2 Å². The van der Waals surface area contributed by atoms with Crippen molar-refractivity contribution in [2.75, 3.05) is 0 Å². The third-order valence-corrected chi connectivity index (χ3v) is 0.761. The van der Waals surface area contributed by atoms with Crippen molar-refractivity contribution < 1.29 is 9.90 Å². The van der Waals surface area contributed by atoms with Crippen LogP contribution in [0.2, 0.25) is 0 Å². The van der Waals surface area contributed by atoms with Crippen molar-refractivity contribution in [1.29, 1.82) is 0 Å². The summed E-state index contributed by atoms with van der Waals surface area (Å²) in [7, 11) is 0. The van der Waals surface area contributed by atoms with Gasteiger partial charge >= 0.3 is 5.97 Å². The molecule has 0 aromatic carbocycles. The Morgan fingerprint density at radius 3 is 2.56 bits per heavy atom. The summed E-state index contributed by atoms with van der Waals surface area (Å²) in [5, 5.41) is 8.11. The molecule has 9 heavy (non-hydrogen) atoms. The highest BCUT2D eigenvalue weighted by Crippen LogP contribution is 1.88. The third-order valence-electron chi connectivity index (χ3n) is 0.761. The molecule has 1 N–H and O–H groups in total. The second kappa shape index (κ2) is 7.21. The Morgan fingerprint density at radius 1 is 1.67 bits per heavy atom. The fourth-order valence-corrected chi connectivity index (χ4v) is 0.373. The predicted molar refractivity (Wildman–Crippen MR) is 38.4 cm³/mol. The predicted octanol–water partition coefficient (Wildman–Crippen LogP) is 2.06. The molecule has 0 rings (SSSR count). The van der Waals surface area contributed by atoms with Crippen LogP contribution in [0.1, 0.15) is 27.2 Å². The maximum atomic E-state index is 9.84. The Kier molecular flexibility index (Phi) is 8.87. The molecule has 0 saturated heterocycles. The number of carboxylic acids is 1. The molecule has 0 aliphatic heterocycles. The Morgan fingerprint density at radius 2 is 2.22 bits per heavy atom. The Bertz CT molecular complexity index is 95.1. The topological polar surface area (TPSA) is 37.3 Å². The van der Waals surface area contributed by atoms with Crippen LogP contribution in [0.5, 0.6) is 0 Å². The van der Waals surface area contributed by atoms with Gasteiger partial charge in [-0.25, -0.2) is 0 Å². The molecule has 0 aromatic rings. The molecule has 0 aliphatic carbocycles. The lowest BCUT2D eigenvalue weighted by Crippen LogP contribution is -1.91. The molecule has 0 fully saturated rings. The standard InChI is InChI=1S/C6H10O2.CH4/c1-2-3-4-5-6(7)8;/h2-3H,4-5H2,1H3,(H,7,8);1H4/b3-2+;. The number of carboxylic acid groups (broad SMARTS) is 1. The number of allylic oxidation sites excluding steroid dienone is 2. The van der Waals surface area contributed by atoms with Crippen LogP contribution in [0.15, 0.2) is 12.2 Å². The van der Waals surface area contributed by atoms with Crippen molar-refractivity contribution in [3.63, 3.8) is 0 Å². The van der Waals surface area contributed by atoms with Crippen LogP contribution in [-0.4, -0.2) is 11.1 Å². The summed E-state index contributed by atoms with van der Waals surface area (Å²) < 4.78 is 0. The van der Waals surface area contributed by atoms with Crippen molar-refractivity contribution in [2.45, 2.75) is 27.2 Å². The van der Waals surface area contributed by atoms with Gasteiger partial charge in [0.1, 0.15) is 0 Å². The smallest absolute Gasteiger partial charge is 0.303 e. The number of hydrogen-bond donors (Lipinski definition) is 1. The van der Waals surface area contributed by atoms with Gasteiger partial charge in [-0.2, -0.15) is 0 Å². The Labute approximate surface area is 56.2 Å². The lowest BCUT2D eigenvalue weighted by atomic mass is 10.3. The second-order valence-corrected chi connectivity index (χ2v) is 1.50. The molecule has 0 unspecified atom stereocenters. The zero-order valence-corrected chi connectivity index (χ0v) is 4.92. The molecule has 2 heteroatoms. The van der Waals surface area contributed by atoms with E-state index in [0.29, 0.717) is 6.42 Å². The fraction of sp³-hybridized carbons (Fsp3) is 0.571. The Hall–Kier alpha value is -0.790. The lowest BCUT2D eigenvalue weighted by molar-refractivity contribution is -0.136. The summed E-state index contributed by atoms with van der Waals surface area (Å²) in [6.07, 6.45) is 4.58. The molecule has 0 aliphatic rings. The lowest BCUT2D eigenvalue weighted by Gasteiger charge is -1.83. The van der Waals surface area contributed by atoms with Gasteiger partial charge < -0.3 is 5.11 Å². The summed E-state index contributed by atoms with van der Waals surface area (Å²) in [4.78, 5) is 9.84. The molecular formula is C7H14O2. The van der Waals surface area contributed by atoms with Crippen molar-refractivity contribution in [3.8, 4) is 0 Å². The molecule has 0 aromatic heterocycles. The van der Waals surface area contributed by atoms with Crippen LogP contribution in [0.4, 0.5) is 0 Å². The number of hydrogen-bond acceptors (Lipinski definition) is 1. The first-order valence-corrected chi connectivity index (χ1v) is 2.60. The van der Waals surface area contributed by atoms with E-state index in [1.807, 2.05) is 19.1 Å². The highest BCUT2D eigenvalue weighted by atomic mass is 16.4. The molecule has 0 atom stereocenters. The van der Waals surface area contributed by atoms with Gasteiger partial charge in [-0.1, -0.05) is 19.6 Å². The molecule has 2 nitrogen and oxygen atoms in total. The van der Waals surface area contributed by atoms with Crippen LogP contribution in [0, 0.1) is 0 Å². The summed E-state index contributed by atoms with van der Waals surface area (Å²) in [5.74, 6) is -0.733. The Balaban J connectivity index is 0. The van der Waals surface area contributed by atoms with Gasteiger partial charge in [0.2, 0.25) is 0 Å². The van der Waals surface area contributed by atoms with Gasteiger partial charge in [-0.3, -0.25) is 4.79 Å². The number of carbonyl (C=O) groups is 1. The monoisotopic (exact) mass is 130 g/mol. The van der Waals surface area contributed by atoms with Crippen LogP contribution in [-0.2, 0) is 4.79 Å². The molecule has 0 heterocycles. The highest BCUT2D eigenvalue weighted by Gasteiger charge is 1.89. The molecule has 0 bridgehead atoms. The van der Waals surface area contributed by atoms with Crippen molar-refractivity contribution in [2.24, 2.45) is 0 Å². The van der Waals surface area contributed by atoms with E-state index in [1.165, 1.54) is 0 Å². The fourth-order valence-electron chi connectivity index (χ4n) is 0.373. The molecule has 0 saturated carbocycles. The minimum Gasteiger partial charge on any atom is -0.481 e. The van der Waals surface area contributed by atoms with E-state index in [4.69, 9.17) is 5.11 Å². The first-order valence-electron chi connectivity index (χ1n) is 2.60. The van der Waals surface area contributed by atoms with E-state index in [9.17, 15) is 4.79 Å². The van der Waals surface area contributed by atoms with Gasteiger partial charge in [-0.15, -0.1) is 0 Å². The first-order chi connectivity index (χ1) is 3.77. The maximum Gasteiger partial charge on any atom is 0.303 e. The van der Waals surface area contributed by atoms with Gasteiger partial charge in [0.25, 0.3) is 0 Å². The van der Waals surface area contributed by atoms with E-state index >= 15 is 0 Å². The van der Waals surface area contributed by atoms with E-state index in [0.717, 1.165) is 0 Å². The van der Waals surface area contributed by atoms with Gasteiger partial charge in [0.15, 0.2) is 0 Å². The minimum absolute atomic E-state index is 0. The summed E-state index contributed by atoms with van der Waals surface area (Å²) in [6, 6.07) is 0. The first kappa shape index (κ1) is 11.1.